The van der Waals surface area contributed by atoms with Crippen LogP contribution >= 0.6 is 12.2 Å². The van der Waals surface area contributed by atoms with Crippen LogP contribution in [0.2, 0.25) is 0 Å². The molecule has 0 amide bonds. The van der Waals surface area contributed by atoms with E-state index in [1.807, 2.05) is 30.3 Å². The Balaban J connectivity index is 1.81. The average Bonchev–Trinajstić information content (AvgIpc) is 2.54. The fourth-order valence-corrected chi connectivity index (χ4v) is 1.87. The molecule has 0 saturated heterocycles. The monoisotopic (exact) mass is 317 g/mol. The van der Waals surface area contributed by atoms with Crippen molar-refractivity contribution in [2.75, 3.05) is 7.11 Å². The molecule has 2 N–H and O–H groups in total. The van der Waals surface area contributed by atoms with E-state index in [1.165, 1.54) is 19.4 Å². The number of methoxy groups -OCH3 is 1. The molecule has 0 radical (unpaired) electrons. The number of hydrogen-bond acceptors (Lipinski definition) is 3. The zero-order valence-electron chi connectivity index (χ0n) is 12.0. The van der Waals surface area contributed by atoms with Crippen LogP contribution < -0.4 is 15.5 Å². The number of halogens is 1. The largest absolute Gasteiger partial charge is 0.494 e. The van der Waals surface area contributed by atoms with Gasteiger partial charge in [-0.2, -0.15) is 5.10 Å². The number of ether oxygens (including phenoxy) is 1. The van der Waals surface area contributed by atoms with Gasteiger partial charge in [0, 0.05) is 6.54 Å². The molecular formula is C16H16FN3OS. The zero-order valence-corrected chi connectivity index (χ0v) is 12.9. The molecule has 114 valence electrons. The highest BCUT2D eigenvalue weighted by Crippen LogP contribution is 2.16. The molecule has 2 aromatic rings. The van der Waals surface area contributed by atoms with Crippen molar-refractivity contribution in [1.29, 1.82) is 0 Å². The minimum absolute atomic E-state index is 0.199. The van der Waals surface area contributed by atoms with Gasteiger partial charge in [-0.1, -0.05) is 30.3 Å². The molecule has 0 saturated carbocycles. The number of thiocarbonyl (C=S) groups is 1. The van der Waals surface area contributed by atoms with Crippen LogP contribution in [0.15, 0.2) is 53.6 Å². The van der Waals surface area contributed by atoms with Crippen molar-refractivity contribution in [2.24, 2.45) is 5.10 Å². The SMILES string of the molecule is COc1ccc(/C=N\NC(=S)NCc2ccccc2)cc1F. The van der Waals surface area contributed by atoms with Gasteiger partial charge in [0.25, 0.3) is 0 Å². The third kappa shape index (κ3) is 4.82. The Morgan fingerprint density at radius 3 is 2.73 bits per heavy atom. The van der Waals surface area contributed by atoms with Gasteiger partial charge in [-0.05, 0) is 41.5 Å². The molecule has 0 aliphatic carbocycles. The zero-order chi connectivity index (χ0) is 15.8. The van der Waals surface area contributed by atoms with Crippen molar-refractivity contribution in [1.82, 2.24) is 10.7 Å². The molecule has 0 fully saturated rings. The Morgan fingerprint density at radius 2 is 2.05 bits per heavy atom. The van der Waals surface area contributed by atoms with Crippen molar-refractivity contribution in [3.05, 3.63) is 65.5 Å². The highest BCUT2D eigenvalue weighted by atomic mass is 32.1. The van der Waals surface area contributed by atoms with Crippen LogP contribution in [-0.4, -0.2) is 18.4 Å². The number of hydrogen-bond donors (Lipinski definition) is 2. The van der Waals surface area contributed by atoms with Gasteiger partial charge in [0.15, 0.2) is 16.7 Å². The molecule has 2 aromatic carbocycles. The smallest absolute Gasteiger partial charge is 0.187 e. The standard InChI is InChI=1S/C16H16FN3OS/c1-21-15-8-7-13(9-14(15)17)11-19-20-16(22)18-10-12-5-3-2-4-6-12/h2-9,11H,10H2,1H3,(H2,18,20,22)/b19-11-. The summed E-state index contributed by atoms with van der Waals surface area (Å²) in [6.07, 6.45) is 1.49. The molecule has 0 unspecified atom stereocenters. The lowest BCUT2D eigenvalue weighted by Crippen LogP contribution is -2.31. The van der Waals surface area contributed by atoms with Crippen molar-refractivity contribution in [2.45, 2.75) is 6.54 Å². The lowest BCUT2D eigenvalue weighted by atomic mass is 10.2. The van der Waals surface area contributed by atoms with Crippen molar-refractivity contribution in [3.63, 3.8) is 0 Å². The lowest BCUT2D eigenvalue weighted by molar-refractivity contribution is 0.386. The maximum atomic E-state index is 13.5. The Kier molecular flexibility index (Phi) is 5.85. The van der Waals surface area contributed by atoms with Gasteiger partial charge in [-0.3, -0.25) is 5.43 Å². The summed E-state index contributed by atoms with van der Waals surface area (Å²) in [5, 5.41) is 7.39. The highest BCUT2D eigenvalue weighted by molar-refractivity contribution is 7.80. The van der Waals surface area contributed by atoms with Crippen LogP contribution in [0.5, 0.6) is 5.75 Å². The predicted octanol–water partition coefficient (Wildman–Crippen LogP) is 2.83. The molecule has 0 heterocycles. The summed E-state index contributed by atoms with van der Waals surface area (Å²) >= 11 is 5.10. The molecule has 2 rings (SSSR count). The lowest BCUT2D eigenvalue weighted by Gasteiger charge is -2.06. The Labute approximate surface area is 134 Å². The van der Waals surface area contributed by atoms with Gasteiger partial charge in [0.2, 0.25) is 0 Å². The molecule has 0 aromatic heterocycles. The second-order valence-corrected chi connectivity index (χ2v) is 4.84. The summed E-state index contributed by atoms with van der Waals surface area (Å²) in [7, 11) is 1.42. The number of nitrogens with one attached hydrogen (secondary N) is 2. The van der Waals surface area contributed by atoms with E-state index in [2.05, 4.69) is 15.8 Å². The fraction of sp³-hybridized carbons (Fsp3) is 0.125. The average molecular weight is 317 g/mol. The van der Waals surface area contributed by atoms with Gasteiger partial charge in [-0.15, -0.1) is 0 Å². The summed E-state index contributed by atoms with van der Waals surface area (Å²) in [6.45, 7) is 0.610. The van der Waals surface area contributed by atoms with E-state index < -0.39 is 5.82 Å². The molecule has 0 aliphatic heterocycles. The summed E-state index contributed by atoms with van der Waals surface area (Å²) in [5.41, 5.74) is 4.41. The van der Waals surface area contributed by atoms with E-state index >= 15 is 0 Å². The van der Waals surface area contributed by atoms with Gasteiger partial charge < -0.3 is 10.1 Å². The highest BCUT2D eigenvalue weighted by Gasteiger charge is 2.01. The van der Waals surface area contributed by atoms with Crippen molar-refractivity contribution >= 4 is 23.5 Å². The summed E-state index contributed by atoms with van der Waals surface area (Å²) in [6, 6.07) is 14.5. The molecule has 22 heavy (non-hydrogen) atoms. The summed E-state index contributed by atoms with van der Waals surface area (Å²) in [4.78, 5) is 0. The van der Waals surface area contributed by atoms with E-state index in [1.54, 1.807) is 12.1 Å². The molecule has 0 spiro atoms. The van der Waals surface area contributed by atoms with E-state index in [0.717, 1.165) is 5.56 Å². The fourth-order valence-electron chi connectivity index (χ4n) is 1.75. The van der Waals surface area contributed by atoms with Crippen LogP contribution in [-0.2, 0) is 6.54 Å². The first-order chi connectivity index (χ1) is 10.7. The minimum atomic E-state index is -0.434. The first-order valence-corrected chi connectivity index (χ1v) is 7.04. The summed E-state index contributed by atoms with van der Waals surface area (Å²) in [5.74, 6) is -0.235. The number of rotatable bonds is 5. The maximum absolute atomic E-state index is 13.5. The van der Waals surface area contributed by atoms with E-state index in [9.17, 15) is 4.39 Å². The second kappa shape index (κ2) is 8.09. The molecule has 0 atom stereocenters. The van der Waals surface area contributed by atoms with Crippen molar-refractivity contribution in [3.8, 4) is 5.75 Å². The maximum Gasteiger partial charge on any atom is 0.187 e. The van der Waals surface area contributed by atoms with E-state index in [4.69, 9.17) is 17.0 Å². The van der Waals surface area contributed by atoms with Crippen LogP contribution in [0.3, 0.4) is 0 Å². The van der Waals surface area contributed by atoms with E-state index in [-0.39, 0.29) is 5.75 Å². The third-order valence-corrected chi connectivity index (χ3v) is 3.09. The number of benzene rings is 2. The molecule has 4 nitrogen and oxygen atoms in total. The number of nitrogens with zero attached hydrogens (tertiary/aromatic N) is 1. The normalized spacial score (nSPS) is 10.5. The van der Waals surface area contributed by atoms with E-state index in [0.29, 0.717) is 17.2 Å². The second-order valence-electron chi connectivity index (χ2n) is 4.43. The minimum Gasteiger partial charge on any atom is -0.494 e. The Bertz CT molecular complexity index is 662. The van der Waals surface area contributed by atoms with Gasteiger partial charge in [0.05, 0.1) is 13.3 Å². The number of hydrazone groups is 1. The molecular weight excluding hydrogens is 301 g/mol. The van der Waals surface area contributed by atoms with Crippen molar-refractivity contribution < 1.29 is 9.13 Å². The third-order valence-electron chi connectivity index (χ3n) is 2.85. The molecule has 0 bridgehead atoms. The Morgan fingerprint density at radius 1 is 1.27 bits per heavy atom. The topological polar surface area (TPSA) is 45.6 Å². The first kappa shape index (κ1) is 15.9. The quantitative estimate of drug-likeness (QED) is 0.506. The Hall–Kier alpha value is -2.47. The first-order valence-electron chi connectivity index (χ1n) is 6.63. The van der Waals surface area contributed by atoms with Crippen LogP contribution in [0.1, 0.15) is 11.1 Å². The van der Waals surface area contributed by atoms with Gasteiger partial charge in [0.1, 0.15) is 0 Å². The molecule has 0 aliphatic rings. The van der Waals surface area contributed by atoms with Crippen LogP contribution in [0.4, 0.5) is 4.39 Å². The van der Waals surface area contributed by atoms with Gasteiger partial charge >= 0.3 is 0 Å². The van der Waals surface area contributed by atoms with Crippen LogP contribution in [0, 0.1) is 5.82 Å². The van der Waals surface area contributed by atoms with Gasteiger partial charge in [-0.25, -0.2) is 4.39 Å². The summed E-state index contributed by atoms with van der Waals surface area (Å²) < 4.78 is 18.4. The predicted molar refractivity (Wildman–Crippen MR) is 89.6 cm³/mol. The molecule has 6 heteroatoms. The van der Waals surface area contributed by atoms with Crippen LogP contribution in [0.25, 0.3) is 0 Å².